The van der Waals surface area contributed by atoms with Crippen LogP contribution in [-0.4, -0.2) is 35.6 Å². The second kappa shape index (κ2) is 5.92. The van der Waals surface area contributed by atoms with E-state index in [2.05, 4.69) is 15.0 Å². The molecule has 20 heavy (non-hydrogen) atoms. The summed E-state index contributed by atoms with van der Waals surface area (Å²) in [6, 6.07) is 7.62. The molecular formula is C14H16N2O4. The molecule has 106 valence electrons. The maximum Gasteiger partial charge on any atom is 0.340 e. The summed E-state index contributed by atoms with van der Waals surface area (Å²) < 4.78 is 4.58. The first-order chi connectivity index (χ1) is 9.58. The number of hydrogen-bond donors (Lipinski definition) is 1. The highest BCUT2D eigenvalue weighted by atomic mass is 16.5. The van der Waals surface area contributed by atoms with E-state index in [9.17, 15) is 14.7 Å². The Morgan fingerprint density at radius 1 is 1.40 bits per heavy atom. The fraction of sp³-hybridized carbons (Fsp3) is 0.429. The molecule has 1 aromatic rings. The zero-order valence-corrected chi connectivity index (χ0v) is 11.2. The molecule has 0 bridgehead atoms. The Bertz CT molecular complexity index is 529. The van der Waals surface area contributed by atoms with Crippen molar-refractivity contribution in [2.45, 2.75) is 30.9 Å². The number of carbonyl (C=O) groups is 2. The Kier molecular flexibility index (Phi) is 4.24. The molecule has 0 amide bonds. The van der Waals surface area contributed by atoms with Crippen LogP contribution in [0.1, 0.15) is 19.3 Å². The van der Waals surface area contributed by atoms with Gasteiger partial charge in [-0.2, -0.15) is 10.2 Å². The van der Waals surface area contributed by atoms with E-state index < -0.39 is 17.6 Å². The van der Waals surface area contributed by atoms with E-state index >= 15 is 0 Å². The number of carbonyl (C=O) groups excluding carboxylic acids is 2. The van der Waals surface area contributed by atoms with Crippen LogP contribution < -0.4 is 0 Å². The van der Waals surface area contributed by atoms with Crippen molar-refractivity contribution in [1.29, 1.82) is 0 Å². The molecule has 6 nitrogen and oxygen atoms in total. The van der Waals surface area contributed by atoms with E-state index in [1.165, 1.54) is 7.11 Å². The Morgan fingerprint density at radius 3 is 2.75 bits per heavy atom. The Balaban J connectivity index is 2.27. The van der Waals surface area contributed by atoms with Crippen LogP contribution in [0.15, 0.2) is 40.6 Å². The number of ether oxygens (including phenoxy) is 1. The first-order valence-corrected chi connectivity index (χ1v) is 6.37. The molecular weight excluding hydrogens is 260 g/mol. The van der Waals surface area contributed by atoms with Crippen LogP contribution in [0.25, 0.3) is 0 Å². The monoisotopic (exact) mass is 276 g/mol. The van der Waals surface area contributed by atoms with Crippen LogP contribution in [0.2, 0.25) is 0 Å². The Morgan fingerprint density at radius 2 is 2.10 bits per heavy atom. The predicted molar refractivity (Wildman–Crippen MR) is 70.6 cm³/mol. The molecule has 2 atom stereocenters. The SMILES string of the molecule is COC(=O)C1(O)CCCC(=O)C1N=Nc1ccccc1. The number of methoxy groups -OCH3 is 1. The lowest BCUT2D eigenvalue weighted by molar-refractivity contribution is -0.170. The molecule has 1 aliphatic rings. The van der Waals surface area contributed by atoms with E-state index in [0.717, 1.165) is 0 Å². The number of Topliss-reactive ketones (excluding diaryl/α,β-unsaturated/α-hetero) is 1. The lowest BCUT2D eigenvalue weighted by atomic mass is 9.80. The Hall–Kier alpha value is -2.08. The number of hydrogen-bond acceptors (Lipinski definition) is 6. The predicted octanol–water partition coefficient (Wildman–Crippen LogP) is 1.80. The smallest absolute Gasteiger partial charge is 0.340 e. The van der Waals surface area contributed by atoms with Gasteiger partial charge in [0.25, 0.3) is 0 Å². The van der Waals surface area contributed by atoms with Gasteiger partial charge in [-0.05, 0) is 25.0 Å². The highest BCUT2D eigenvalue weighted by molar-refractivity contribution is 5.94. The molecule has 0 saturated heterocycles. The molecule has 1 aliphatic carbocycles. The molecule has 1 fully saturated rings. The minimum Gasteiger partial charge on any atom is -0.467 e. The van der Waals surface area contributed by atoms with Crippen molar-refractivity contribution in [2.75, 3.05) is 7.11 Å². The van der Waals surface area contributed by atoms with Crippen molar-refractivity contribution in [2.24, 2.45) is 10.2 Å². The quantitative estimate of drug-likeness (QED) is 0.673. The standard InChI is InChI=1S/C14H16N2O4/c1-20-13(18)14(19)9-5-8-11(17)12(14)16-15-10-6-3-2-4-7-10/h2-4,6-7,12,19H,5,8-9H2,1H3. The molecule has 6 heteroatoms. The molecule has 0 aliphatic heterocycles. The zero-order valence-electron chi connectivity index (χ0n) is 11.2. The largest absolute Gasteiger partial charge is 0.467 e. The summed E-state index contributed by atoms with van der Waals surface area (Å²) in [6.45, 7) is 0. The van der Waals surface area contributed by atoms with E-state index in [1.54, 1.807) is 24.3 Å². The number of benzene rings is 1. The summed E-state index contributed by atoms with van der Waals surface area (Å²) in [5.74, 6) is -1.15. The van der Waals surface area contributed by atoms with Gasteiger partial charge in [0.1, 0.15) is 0 Å². The fourth-order valence-corrected chi connectivity index (χ4v) is 2.24. The minimum absolute atomic E-state index is 0.143. The van der Waals surface area contributed by atoms with Gasteiger partial charge in [0.05, 0.1) is 12.8 Å². The van der Waals surface area contributed by atoms with Crippen LogP contribution in [0.5, 0.6) is 0 Å². The third-order valence-electron chi connectivity index (χ3n) is 3.32. The van der Waals surface area contributed by atoms with Crippen LogP contribution >= 0.6 is 0 Å². The van der Waals surface area contributed by atoms with Crippen molar-refractivity contribution >= 4 is 17.4 Å². The summed E-state index contributed by atoms with van der Waals surface area (Å²) in [7, 11) is 1.17. The number of rotatable bonds is 3. The van der Waals surface area contributed by atoms with Crippen molar-refractivity contribution in [3.8, 4) is 0 Å². The van der Waals surface area contributed by atoms with Crippen LogP contribution in [0, 0.1) is 0 Å². The number of aliphatic hydroxyl groups is 1. The van der Waals surface area contributed by atoms with Crippen LogP contribution in [-0.2, 0) is 14.3 Å². The van der Waals surface area contributed by atoms with Gasteiger partial charge in [0.15, 0.2) is 17.4 Å². The van der Waals surface area contributed by atoms with Gasteiger partial charge in [0.2, 0.25) is 0 Å². The molecule has 1 saturated carbocycles. The lowest BCUT2D eigenvalue weighted by Crippen LogP contribution is -2.55. The maximum absolute atomic E-state index is 11.9. The van der Waals surface area contributed by atoms with Crippen molar-refractivity contribution in [3.63, 3.8) is 0 Å². The van der Waals surface area contributed by atoms with Gasteiger partial charge in [-0.25, -0.2) is 4.79 Å². The van der Waals surface area contributed by atoms with Gasteiger partial charge in [0, 0.05) is 6.42 Å². The van der Waals surface area contributed by atoms with Crippen molar-refractivity contribution in [1.82, 2.24) is 0 Å². The highest BCUT2D eigenvalue weighted by Crippen LogP contribution is 2.31. The van der Waals surface area contributed by atoms with Gasteiger partial charge >= 0.3 is 5.97 Å². The molecule has 2 unspecified atom stereocenters. The fourth-order valence-electron chi connectivity index (χ4n) is 2.24. The van der Waals surface area contributed by atoms with E-state index in [-0.39, 0.29) is 18.6 Å². The second-order valence-electron chi connectivity index (χ2n) is 4.69. The first-order valence-electron chi connectivity index (χ1n) is 6.37. The van der Waals surface area contributed by atoms with Crippen molar-refractivity contribution in [3.05, 3.63) is 30.3 Å². The van der Waals surface area contributed by atoms with Crippen LogP contribution in [0.3, 0.4) is 0 Å². The average Bonchev–Trinajstić information content (AvgIpc) is 2.47. The lowest BCUT2D eigenvalue weighted by Gasteiger charge is -2.32. The molecule has 2 rings (SSSR count). The van der Waals surface area contributed by atoms with E-state index in [0.29, 0.717) is 12.1 Å². The third kappa shape index (κ3) is 2.75. The zero-order chi connectivity index (χ0) is 14.6. The maximum atomic E-state index is 11.9. The summed E-state index contributed by atoms with van der Waals surface area (Å²) >= 11 is 0. The summed E-state index contributed by atoms with van der Waals surface area (Å²) in [5, 5.41) is 18.2. The van der Waals surface area contributed by atoms with Crippen LogP contribution in [0.4, 0.5) is 5.69 Å². The van der Waals surface area contributed by atoms with E-state index in [4.69, 9.17) is 0 Å². The number of nitrogens with zero attached hydrogens (tertiary/aromatic N) is 2. The number of ketones is 1. The molecule has 0 aromatic heterocycles. The number of esters is 1. The Labute approximate surface area is 116 Å². The molecule has 0 heterocycles. The average molecular weight is 276 g/mol. The molecule has 0 radical (unpaired) electrons. The van der Waals surface area contributed by atoms with Crippen molar-refractivity contribution < 1.29 is 19.4 Å². The summed E-state index contributed by atoms with van der Waals surface area (Å²) in [5.41, 5.74) is -1.36. The topological polar surface area (TPSA) is 88.3 Å². The van der Waals surface area contributed by atoms with Gasteiger partial charge in [-0.1, -0.05) is 18.2 Å². The highest BCUT2D eigenvalue weighted by Gasteiger charge is 2.51. The molecule has 0 spiro atoms. The molecule has 1 N–H and O–H groups in total. The van der Waals surface area contributed by atoms with E-state index in [1.807, 2.05) is 6.07 Å². The van der Waals surface area contributed by atoms with Gasteiger partial charge in [-0.3, -0.25) is 4.79 Å². The molecule has 1 aromatic carbocycles. The minimum atomic E-state index is -1.91. The first kappa shape index (κ1) is 14.3. The third-order valence-corrected chi connectivity index (χ3v) is 3.32. The number of azo groups is 1. The van der Waals surface area contributed by atoms with Gasteiger partial charge in [-0.15, -0.1) is 0 Å². The second-order valence-corrected chi connectivity index (χ2v) is 4.69. The normalized spacial score (nSPS) is 26.7. The van der Waals surface area contributed by atoms with Gasteiger partial charge < -0.3 is 9.84 Å². The summed E-state index contributed by atoms with van der Waals surface area (Å²) in [6.07, 6.45) is 0.851. The summed E-state index contributed by atoms with van der Waals surface area (Å²) in [4.78, 5) is 23.7.